The molecule has 0 aromatic rings. The van der Waals surface area contributed by atoms with Crippen molar-refractivity contribution in [1.29, 1.82) is 0 Å². The van der Waals surface area contributed by atoms with Gasteiger partial charge >= 0.3 is 0 Å². The number of allylic oxidation sites excluding steroid dienone is 3. The van der Waals surface area contributed by atoms with E-state index >= 15 is 0 Å². The Morgan fingerprint density at radius 1 is 0.767 bits per heavy atom. The molecule has 0 saturated carbocycles. The van der Waals surface area contributed by atoms with Crippen LogP contribution >= 0.6 is 0 Å². The van der Waals surface area contributed by atoms with Gasteiger partial charge in [0.05, 0.1) is 25.4 Å². The van der Waals surface area contributed by atoms with Gasteiger partial charge in [-0.3, -0.25) is 4.79 Å². The second kappa shape index (κ2) is 25.9. The molecule has 0 radical (unpaired) electrons. The van der Waals surface area contributed by atoms with E-state index in [4.69, 9.17) is 9.47 Å². The third-order valence-corrected chi connectivity index (χ3v) is 8.03. The predicted octanol–water partition coefficient (Wildman–Crippen LogP) is 4.82. The highest BCUT2D eigenvalue weighted by Gasteiger charge is 2.44. The molecule has 9 nitrogen and oxygen atoms in total. The molecule has 1 aliphatic heterocycles. The van der Waals surface area contributed by atoms with Gasteiger partial charge in [-0.05, 0) is 32.1 Å². The minimum absolute atomic E-state index is 0.194. The molecule has 0 aromatic carbocycles. The van der Waals surface area contributed by atoms with Crippen molar-refractivity contribution >= 4 is 5.91 Å². The average molecular weight is 614 g/mol. The van der Waals surface area contributed by atoms with Gasteiger partial charge in [0.25, 0.3) is 0 Å². The van der Waals surface area contributed by atoms with E-state index in [-0.39, 0.29) is 12.5 Å². The number of hydrogen-bond acceptors (Lipinski definition) is 8. The van der Waals surface area contributed by atoms with E-state index in [1.807, 2.05) is 6.08 Å². The maximum absolute atomic E-state index is 12.7. The molecule has 0 bridgehead atoms. The Balaban J connectivity index is 2.56. The van der Waals surface area contributed by atoms with Crippen molar-refractivity contribution in [2.24, 2.45) is 0 Å². The van der Waals surface area contributed by atoms with Crippen molar-refractivity contribution < 1.29 is 39.8 Å². The first-order valence-corrected chi connectivity index (χ1v) is 17.1. The summed E-state index contributed by atoms with van der Waals surface area (Å²) in [6.07, 6.45) is 19.5. The van der Waals surface area contributed by atoms with Gasteiger partial charge in [0, 0.05) is 6.42 Å². The van der Waals surface area contributed by atoms with Crippen molar-refractivity contribution in [1.82, 2.24) is 5.32 Å². The zero-order valence-corrected chi connectivity index (χ0v) is 27.0. The zero-order valence-electron chi connectivity index (χ0n) is 27.0. The van der Waals surface area contributed by atoms with E-state index in [0.29, 0.717) is 6.42 Å². The number of aliphatic hydroxyl groups excluding tert-OH is 5. The molecular weight excluding hydrogens is 550 g/mol. The van der Waals surface area contributed by atoms with E-state index in [9.17, 15) is 30.3 Å². The van der Waals surface area contributed by atoms with Gasteiger partial charge in [-0.15, -0.1) is 0 Å². The van der Waals surface area contributed by atoms with Gasteiger partial charge in [0.2, 0.25) is 5.91 Å². The summed E-state index contributed by atoms with van der Waals surface area (Å²) in [4.78, 5) is 12.7. The number of nitrogens with one attached hydrogen (secondary N) is 1. The molecule has 7 unspecified atom stereocenters. The normalized spacial score (nSPS) is 24.1. The summed E-state index contributed by atoms with van der Waals surface area (Å²) < 4.78 is 11.1. The molecule has 0 aromatic heterocycles. The number of carbonyl (C=O) groups is 1. The molecule has 1 aliphatic rings. The Kier molecular flexibility index (Phi) is 23.9. The lowest BCUT2D eigenvalue weighted by Gasteiger charge is -2.40. The summed E-state index contributed by atoms with van der Waals surface area (Å²) in [6.45, 7) is 3.66. The molecule has 1 fully saturated rings. The van der Waals surface area contributed by atoms with Crippen LogP contribution in [0.15, 0.2) is 24.3 Å². The van der Waals surface area contributed by atoms with Crippen LogP contribution in [0.25, 0.3) is 0 Å². The highest BCUT2D eigenvalue weighted by Crippen LogP contribution is 2.22. The SMILES string of the molecule is CCCCCC/C=C/CC/C=C/C(O)C(COC1OC(CO)C(O)C(O)C1O)NC(=O)CCCCCCCCCCCC. The minimum Gasteiger partial charge on any atom is -0.394 e. The fraction of sp³-hybridized carbons (Fsp3) is 0.853. The maximum Gasteiger partial charge on any atom is 0.220 e. The highest BCUT2D eigenvalue weighted by molar-refractivity contribution is 5.76. The van der Waals surface area contributed by atoms with Crippen molar-refractivity contribution in [3.63, 3.8) is 0 Å². The van der Waals surface area contributed by atoms with Crippen molar-refractivity contribution in [3.8, 4) is 0 Å². The fourth-order valence-corrected chi connectivity index (χ4v) is 5.17. The standard InChI is InChI=1S/C34H63NO8/c1-3-5-7-9-11-13-15-17-19-21-23-28(37)27(26-42-34-33(41)32(40)31(39)29(25-36)43-34)35-30(38)24-22-20-18-16-14-12-10-8-6-4-2/h13,15,21,23,27-29,31-34,36-37,39-41H,3-12,14,16-20,22,24-26H2,1-2H3,(H,35,38)/b15-13+,23-21+. The van der Waals surface area contributed by atoms with Crippen LogP contribution in [-0.2, 0) is 14.3 Å². The largest absolute Gasteiger partial charge is 0.394 e. The number of ether oxygens (including phenoxy) is 2. The van der Waals surface area contributed by atoms with E-state index < -0.39 is 49.5 Å². The Morgan fingerprint density at radius 3 is 1.95 bits per heavy atom. The lowest BCUT2D eigenvalue weighted by molar-refractivity contribution is -0.302. The molecule has 1 saturated heterocycles. The minimum atomic E-state index is -1.56. The second-order valence-corrected chi connectivity index (χ2v) is 12.0. The number of amides is 1. The maximum atomic E-state index is 12.7. The van der Waals surface area contributed by atoms with Crippen molar-refractivity contribution in [3.05, 3.63) is 24.3 Å². The molecule has 1 amide bonds. The Labute approximate surface area is 260 Å². The third-order valence-electron chi connectivity index (χ3n) is 8.03. The highest BCUT2D eigenvalue weighted by atomic mass is 16.7. The average Bonchev–Trinajstić information content (AvgIpc) is 3.00. The lowest BCUT2D eigenvalue weighted by Crippen LogP contribution is -2.60. The van der Waals surface area contributed by atoms with E-state index in [2.05, 4.69) is 31.3 Å². The molecule has 7 atom stereocenters. The first kappa shape index (κ1) is 39.7. The Morgan fingerprint density at radius 2 is 1.33 bits per heavy atom. The molecule has 6 N–H and O–H groups in total. The Bertz CT molecular complexity index is 731. The summed E-state index contributed by atoms with van der Waals surface area (Å²) in [5, 5.41) is 53.6. The van der Waals surface area contributed by atoms with Gasteiger partial charge in [-0.1, -0.05) is 115 Å². The van der Waals surface area contributed by atoms with Gasteiger partial charge in [-0.25, -0.2) is 0 Å². The summed E-state index contributed by atoms with van der Waals surface area (Å²) in [7, 11) is 0. The van der Waals surface area contributed by atoms with Crippen LogP contribution in [-0.4, -0.2) is 87.5 Å². The van der Waals surface area contributed by atoms with Crippen LogP contribution in [0.3, 0.4) is 0 Å². The first-order chi connectivity index (χ1) is 20.8. The Hall–Kier alpha value is -1.33. The monoisotopic (exact) mass is 613 g/mol. The van der Waals surface area contributed by atoms with Gasteiger partial charge in [0.1, 0.15) is 24.4 Å². The number of rotatable bonds is 26. The van der Waals surface area contributed by atoms with Crippen LogP contribution in [0.5, 0.6) is 0 Å². The topological polar surface area (TPSA) is 149 Å². The van der Waals surface area contributed by atoms with Crippen LogP contribution in [0.1, 0.15) is 129 Å². The summed E-state index contributed by atoms with van der Waals surface area (Å²) >= 11 is 0. The van der Waals surface area contributed by atoms with Gasteiger partial charge in [-0.2, -0.15) is 0 Å². The van der Waals surface area contributed by atoms with Gasteiger partial charge < -0.3 is 40.3 Å². The predicted molar refractivity (Wildman–Crippen MR) is 170 cm³/mol. The summed E-state index contributed by atoms with van der Waals surface area (Å²) in [5.74, 6) is -0.194. The summed E-state index contributed by atoms with van der Waals surface area (Å²) in [5.41, 5.74) is 0. The van der Waals surface area contributed by atoms with Crippen LogP contribution in [0.2, 0.25) is 0 Å². The molecule has 0 aliphatic carbocycles. The van der Waals surface area contributed by atoms with Crippen LogP contribution in [0.4, 0.5) is 0 Å². The van der Waals surface area contributed by atoms with Crippen LogP contribution in [0, 0.1) is 0 Å². The quantitative estimate of drug-likeness (QED) is 0.0601. The number of hydrogen-bond donors (Lipinski definition) is 6. The molecule has 1 heterocycles. The van der Waals surface area contributed by atoms with E-state index in [1.54, 1.807) is 6.08 Å². The van der Waals surface area contributed by atoms with Crippen molar-refractivity contribution in [2.75, 3.05) is 13.2 Å². The first-order valence-electron chi connectivity index (χ1n) is 17.1. The molecule has 43 heavy (non-hydrogen) atoms. The molecule has 0 spiro atoms. The molecule has 9 heteroatoms. The van der Waals surface area contributed by atoms with Crippen molar-refractivity contribution in [2.45, 2.75) is 172 Å². The van der Waals surface area contributed by atoms with Crippen LogP contribution < -0.4 is 5.32 Å². The smallest absolute Gasteiger partial charge is 0.220 e. The summed E-state index contributed by atoms with van der Waals surface area (Å²) in [6, 6.07) is -0.812. The van der Waals surface area contributed by atoms with E-state index in [0.717, 1.165) is 38.5 Å². The molecule has 252 valence electrons. The fourth-order valence-electron chi connectivity index (χ4n) is 5.17. The lowest BCUT2D eigenvalue weighted by atomic mass is 9.99. The second-order valence-electron chi connectivity index (χ2n) is 12.0. The number of unbranched alkanes of at least 4 members (excludes halogenated alkanes) is 14. The number of carbonyl (C=O) groups excluding carboxylic acids is 1. The number of aliphatic hydroxyl groups is 5. The molecular formula is C34H63NO8. The zero-order chi connectivity index (χ0) is 31.7. The molecule has 1 rings (SSSR count). The van der Waals surface area contributed by atoms with Gasteiger partial charge in [0.15, 0.2) is 6.29 Å². The third kappa shape index (κ3) is 18.3. The van der Waals surface area contributed by atoms with E-state index in [1.165, 1.54) is 70.6 Å².